The summed E-state index contributed by atoms with van der Waals surface area (Å²) in [6.07, 6.45) is -0.581. The Hall–Kier alpha value is -2.04. The molecule has 0 bridgehead atoms. The van der Waals surface area contributed by atoms with Crippen LogP contribution in [-0.2, 0) is 16.1 Å². The molecule has 23 heavy (non-hydrogen) atoms. The van der Waals surface area contributed by atoms with Gasteiger partial charge in [0.2, 0.25) is 5.91 Å². The van der Waals surface area contributed by atoms with Gasteiger partial charge in [0, 0.05) is 6.54 Å². The van der Waals surface area contributed by atoms with E-state index in [1.54, 1.807) is 20.8 Å². The molecule has 0 saturated heterocycles. The molecule has 1 aromatic carbocycles. The second-order valence-electron chi connectivity index (χ2n) is 7.01. The molecule has 0 aliphatic carbocycles. The van der Waals surface area contributed by atoms with Crippen molar-refractivity contribution >= 4 is 12.0 Å². The van der Waals surface area contributed by atoms with Gasteiger partial charge in [-0.05, 0) is 44.7 Å². The summed E-state index contributed by atoms with van der Waals surface area (Å²) in [6.45, 7) is 11.6. The lowest BCUT2D eigenvalue weighted by molar-refractivity contribution is -0.124. The van der Waals surface area contributed by atoms with Crippen molar-refractivity contribution in [3.63, 3.8) is 0 Å². The highest BCUT2D eigenvalue weighted by Crippen LogP contribution is 2.10. The van der Waals surface area contributed by atoms with E-state index in [0.29, 0.717) is 6.54 Å². The highest BCUT2D eigenvalue weighted by molar-refractivity contribution is 5.85. The first-order chi connectivity index (χ1) is 10.6. The number of hydrogen-bond acceptors (Lipinski definition) is 3. The molecular weight excluding hydrogens is 292 g/mol. The fraction of sp³-hybridized carbons (Fsp3) is 0.556. The Morgan fingerprint density at radius 1 is 1.17 bits per heavy atom. The molecule has 1 aromatic rings. The average molecular weight is 320 g/mol. The Bertz CT molecular complexity index is 547. The van der Waals surface area contributed by atoms with Gasteiger partial charge in [0.05, 0.1) is 0 Å². The van der Waals surface area contributed by atoms with E-state index >= 15 is 0 Å². The molecular formula is C18H28N2O3. The lowest BCUT2D eigenvalue weighted by Gasteiger charge is -2.25. The second-order valence-corrected chi connectivity index (χ2v) is 7.01. The number of alkyl carbamates (subject to hydrolysis) is 1. The van der Waals surface area contributed by atoms with Gasteiger partial charge in [-0.25, -0.2) is 4.79 Å². The fourth-order valence-electron chi connectivity index (χ4n) is 2.07. The normalized spacial score (nSPS) is 12.7. The van der Waals surface area contributed by atoms with Crippen molar-refractivity contribution in [1.82, 2.24) is 10.6 Å². The molecule has 0 heterocycles. The molecule has 0 aliphatic rings. The van der Waals surface area contributed by atoms with Crippen LogP contribution < -0.4 is 10.6 Å². The first-order valence-corrected chi connectivity index (χ1v) is 7.92. The van der Waals surface area contributed by atoms with Gasteiger partial charge >= 0.3 is 6.09 Å². The first-order valence-electron chi connectivity index (χ1n) is 7.92. The van der Waals surface area contributed by atoms with E-state index in [-0.39, 0.29) is 11.8 Å². The quantitative estimate of drug-likeness (QED) is 0.875. The van der Waals surface area contributed by atoms with Gasteiger partial charge in [0.15, 0.2) is 0 Å². The van der Waals surface area contributed by atoms with Gasteiger partial charge in [-0.2, -0.15) is 0 Å². The fourth-order valence-corrected chi connectivity index (χ4v) is 2.07. The van der Waals surface area contributed by atoms with E-state index in [9.17, 15) is 9.59 Å². The summed E-state index contributed by atoms with van der Waals surface area (Å²) >= 11 is 0. The molecule has 0 spiro atoms. The molecule has 2 amide bonds. The number of amides is 2. The summed E-state index contributed by atoms with van der Waals surface area (Å²) in [6, 6.07) is 7.24. The van der Waals surface area contributed by atoms with Crippen LogP contribution in [0, 0.1) is 12.8 Å². The summed E-state index contributed by atoms with van der Waals surface area (Å²) < 4.78 is 5.22. The Labute approximate surface area is 138 Å². The SMILES string of the molecule is Cc1ccccc1CNC(=O)C(NC(=O)OC(C)(C)C)C(C)C. The zero-order chi connectivity index (χ0) is 17.6. The highest BCUT2D eigenvalue weighted by Gasteiger charge is 2.26. The highest BCUT2D eigenvalue weighted by atomic mass is 16.6. The van der Waals surface area contributed by atoms with Crippen molar-refractivity contribution in [1.29, 1.82) is 0 Å². The van der Waals surface area contributed by atoms with Crippen LogP contribution >= 0.6 is 0 Å². The van der Waals surface area contributed by atoms with Gasteiger partial charge in [0.25, 0.3) is 0 Å². The van der Waals surface area contributed by atoms with Crippen LogP contribution in [-0.4, -0.2) is 23.6 Å². The minimum Gasteiger partial charge on any atom is -0.444 e. The molecule has 0 radical (unpaired) electrons. The summed E-state index contributed by atoms with van der Waals surface area (Å²) in [5.41, 5.74) is 1.58. The van der Waals surface area contributed by atoms with Gasteiger partial charge in [0.1, 0.15) is 11.6 Å². The smallest absolute Gasteiger partial charge is 0.408 e. The van der Waals surface area contributed by atoms with Crippen LogP contribution in [0.25, 0.3) is 0 Å². The number of nitrogens with one attached hydrogen (secondary N) is 2. The molecule has 128 valence electrons. The van der Waals surface area contributed by atoms with Crippen molar-refractivity contribution < 1.29 is 14.3 Å². The number of carbonyl (C=O) groups is 2. The maximum Gasteiger partial charge on any atom is 0.408 e. The Kier molecular flexibility index (Phi) is 6.61. The van der Waals surface area contributed by atoms with Gasteiger partial charge in [-0.15, -0.1) is 0 Å². The standard InChI is InChI=1S/C18H28N2O3/c1-12(2)15(20-17(22)23-18(4,5)6)16(21)19-11-14-10-8-7-9-13(14)3/h7-10,12,15H,11H2,1-6H3,(H,19,21)(H,20,22). The Morgan fingerprint density at radius 2 is 1.78 bits per heavy atom. The summed E-state index contributed by atoms with van der Waals surface area (Å²) in [5.74, 6) is -0.256. The van der Waals surface area contributed by atoms with Crippen LogP contribution in [0.3, 0.4) is 0 Å². The van der Waals surface area contributed by atoms with Crippen molar-refractivity contribution in [3.8, 4) is 0 Å². The second kappa shape index (κ2) is 7.99. The van der Waals surface area contributed by atoms with Crippen molar-refractivity contribution in [2.45, 2.75) is 59.7 Å². The van der Waals surface area contributed by atoms with E-state index in [0.717, 1.165) is 11.1 Å². The monoisotopic (exact) mass is 320 g/mol. The summed E-state index contributed by atoms with van der Waals surface area (Å²) in [5, 5.41) is 5.53. The van der Waals surface area contributed by atoms with Crippen LogP contribution in [0.1, 0.15) is 45.7 Å². The van der Waals surface area contributed by atoms with E-state index in [1.165, 1.54) is 0 Å². The van der Waals surface area contributed by atoms with Crippen LogP contribution in [0.15, 0.2) is 24.3 Å². The van der Waals surface area contributed by atoms with Crippen LogP contribution in [0.2, 0.25) is 0 Å². The number of benzene rings is 1. The van der Waals surface area contributed by atoms with Gasteiger partial charge < -0.3 is 15.4 Å². The number of hydrogen-bond donors (Lipinski definition) is 2. The Balaban J connectivity index is 2.65. The molecule has 1 atom stereocenters. The molecule has 0 aromatic heterocycles. The molecule has 0 fully saturated rings. The zero-order valence-electron chi connectivity index (χ0n) is 14.9. The summed E-state index contributed by atoms with van der Waals surface area (Å²) in [4.78, 5) is 24.3. The number of aryl methyl sites for hydroxylation is 1. The molecule has 5 nitrogen and oxygen atoms in total. The van der Waals surface area contributed by atoms with E-state index in [1.807, 2.05) is 45.0 Å². The molecule has 1 unspecified atom stereocenters. The third-order valence-corrected chi connectivity index (χ3v) is 3.34. The molecule has 0 aliphatic heterocycles. The largest absolute Gasteiger partial charge is 0.444 e. The van der Waals surface area contributed by atoms with Crippen LogP contribution in [0.5, 0.6) is 0 Å². The molecule has 1 rings (SSSR count). The van der Waals surface area contributed by atoms with Crippen molar-refractivity contribution in [2.24, 2.45) is 5.92 Å². The van der Waals surface area contributed by atoms with Crippen molar-refractivity contribution in [2.75, 3.05) is 0 Å². The lowest BCUT2D eigenvalue weighted by atomic mass is 10.0. The maximum atomic E-state index is 12.4. The predicted molar refractivity (Wildman–Crippen MR) is 91.0 cm³/mol. The number of ether oxygens (including phenoxy) is 1. The minimum atomic E-state index is -0.631. The van der Waals surface area contributed by atoms with Crippen LogP contribution in [0.4, 0.5) is 4.79 Å². The van der Waals surface area contributed by atoms with Crippen molar-refractivity contribution in [3.05, 3.63) is 35.4 Å². The summed E-state index contributed by atoms with van der Waals surface area (Å²) in [7, 11) is 0. The lowest BCUT2D eigenvalue weighted by Crippen LogP contribution is -2.50. The number of carbonyl (C=O) groups excluding carboxylic acids is 2. The van der Waals surface area contributed by atoms with E-state index in [2.05, 4.69) is 10.6 Å². The molecule has 5 heteroatoms. The minimum absolute atomic E-state index is 0.0422. The average Bonchev–Trinajstić information content (AvgIpc) is 2.41. The third-order valence-electron chi connectivity index (χ3n) is 3.34. The van der Waals surface area contributed by atoms with E-state index < -0.39 is 17.7 Å². The van der Waals surface area contributed by atoms with Gasteiger partial charge in [-0.1, -0.05) is 38.1 Å². The topological polar surface area (TPSA) is 67.4 Å². The molecule has 2 N–H and O–H groups in total. The maximum absolute atomic E-state index is 12.4. The van der Waals surface area contributed by atoms with Gasteiger partial charge in [-0.3, -0.25) is 4.79 Å². The third kappa shape index (κ3) is 6.72. The Morgan fingerprint density at radius 3 is 2.30 bits per heavy atom. The zero-order valence-corrected chi connectivity index (χ0v) is 14.9. The molecule has 0 saturated carbocycles. The van der Waals surface area contributed by atoms with E-state index in [4.69, 9.17) is 4.74 Å². The first kappa shape index (κ1) is 19.0. The number of rotatable bonds is 5. The predicted octanol–water partition coefficient (Wildman–Crippen LogP) is 3.16.